The second kappa shape index (κ2) is 6.86. The summed E-state index contributed by atoms with van der Waals surface area (Å²) in [5.74, 6) is 1.62. The maximum absolute atomic E-state index is 5.90. The van der Waals surface area contributed by atoms with Gasteiger partial charge in [-0.25, -0.2) is 14.6 Å². The van der Waals surface area contributed by atoms with Gasteiger partial charge in [-0.1, -0.05) is 22.0 Å². The van der Waals surface area contributed by atoms with Crippen LogP contribution in [0, 0.1) is 0 Å². The summed E-state index contributed by atoms with van der Waals surface area (Å²) in [7, 11) is 0. The number of rotatable bonds is 3. The van der Waals surface area contributed by atoms with Crippen LogP contribution in [-0.2, 0) is 13.0 Å². The van der Waals surface area contributed by atoms with Gasteiger partial charge in [-0.15, -0.1) is 11.3 Å². The molecular formula is C19H14BrN5OS. The molecule has 8 heteroatoms. The van der Waals surface area contributed by atoms with Gasteiger partial charge in [-0.3, -0.25) is 4.98 Å². The van der Waals surface area contributed by atoms with Gasteiger partial charge in [0, 0.05) is 27.5 Å². The fourth-order valence-corrected chi connectivity index (χ4v) is 4.48. The molecule has 5 rings (SSSR count). The molecule has 1 aromatic carbocycles. The van der Waals surface area contributed by atoms with E-state index in [4.69, 9.17) is 9.72 Å². The lowest BCUT2D eigenvalue weighted by molar-refractivity contribution is 0.327. The number of fused-ring (bicyclic) bond motifs is 3. The molecule has 0 radical (unpaired) electrons. The Bertz CT molecular complexity index is 1110. The molecule has 1 aliphatic rings. The summed E-state index contributed by atoms with van der Waals surface area (Å²) in [4.78, 5) is 14.9. The van der Waals surface area contributed by atoms with Crippen LogP contribution in [0.2, 0.25) is 0 Å². The molecule has 1 aliphatic heterocycles. The molecule has 0 N–H and O–H groups in total. The van der Waals surface area contributed by atoms with Gasteiger partial charge in [0.2, 0.25) is 0 Å². The first-order valence-electron chi connectivity index (χ1n) is 8.48. The Morgan fingerprint density at radius 2 is 2.15 bits per heavy atom. The predicted octanol–water partition coefficient (Wildman–Crippen LogP) is 4.21. The van der Waals surface area contributed by atoms with Gasteiger partial charge in [-0.05, 0) is 30.3 Å². The predicted molar refractivity (Wildman–Crippen MR) is 107 cm³/mol. The van der Waals surface area contributed by atoms with Crippen LogP contribution >= 0.6 is 27.3 Å². The zero-order valence-corrected chi connectivity index (χ0v) is 16.6. The molecule has 4 heterocycles. The van der Waals surface area contributed by atoms with E-state index in [-0.39, 0.29) is 0 Å². The summed E-state index contributed by atoms with van der Waals surface area (Å²) in [6, 6.07) is 11.9. The lowest BCUT2D eigenvalue weighted by atomic mass is 10.1. The third kappa shape index (κ3) is 3.15. The minimum absolute atomic E-state index is 0.563. The third-order valence-corrected chi connectivity index (χ3v) is 5.93. The van der Waals surface area contributed by atoms with Gasteiger partial charge in [0.05, 0.1) is 24.5 Å². The topological polar surface area (TPSA) is 65.7 Å². The van der Waals surface area contributed by atoms with Crippen molar-refractivity contribution in [1.29, 1.82) is 0 Å². The van der Waals surface area contributed by atoms with Crippen LogP contribution in [0.4, 0.5) is 0 Å². The number of benzene rings is 1. The second-order valence-corrected chi connectivity index (χ2v) is 8.09. The van der Waals surface area contributed by atoms with Crippen LogP contribution in [0.1, 0.15) is 10.6 Å². The van der Waals surface area contributed by atoms with Gasteiger partial charge < -0.3 is 4.74 Å². The average Bonchev–Trinajstić information content (AvgIpc) is 3.26. The Morgan fingerprint density at radius 3 is 3.04 bits per heavy atom. The Labute approximate surface area is 168 Å². The Kier molecular flexibility index (Phi) is 4.21. The highest BCUT2D eigenvalue weighted by atomic mass is 79.9. The molecular weight excluding hydrogens is 426 g/mol. The van der Waals surface area contributed by atoms with Crippen LogP contribution in [0.15, 0.2) is 53.4 Å². The van der Waals surface area contributed by atoms with Gasteiger partial charge >= 0.3 is 0 Å². The highest BCUT2D eigenvalue weighted by Gasteiger charge is 2.23. The molecule has 0 spiro atoms. The van der Waals surface area contributed by atoms with Crippen LogP contribution in [0.5, 0.6) is 5.75 Å². The van der Waals surface area contributed by atoms with E-state index in [1.807, 2.05) is 41.1 Å². The van der Waals surface area contributed by atoms with Crippen molar-refractivity contribution in [2.24, 2.45) is 0 Å². The summed E-state index contributed by atoms with van der Waals surface area (Å²) in [6.07, 6.45) is 4.18. The Hall–Kier alpha value is -2.58. The fraction of sp³-hybridized carbons (Fsp3) is 0.158. The van der Waals surface area contributed by atoms with Crippen molar-refractivity contribution >= 4 is 27.3 Å². The molecule has 3 aromatic heterocycles. The second-order valence-electron chi connectivity index (χ2n) is 6.09. The van der Waals surface area contributed by atoms with Crippen molar-refractivity contribution in [3.8, 4) is 27.8 Å². The lowest BCUT2D eigenvalue weighted by Gasteiger charge is -2.07. The Morgan fingerprint density at radius 1 is 1.19 bits per heavy atom. The molecule has 0 unspecified atom stereocenters. The monoisotopic (exact) mass is 439 g/mol. The van der Waals surface area contributed by atoms with E-state index in [9.17, 15) is 0 Å². The maximum atomic E-state index is 5.90. The van der Waals surface area contributed by atoms with E-state index in [0.717, 1.165) is 44.4 Å². The summed E-state index contributed by atoms with van der Waals surface area (Å²) < 4.78 is 8.74. The normalized spacial score (nSPS) is 12.8. The van der Waals surface area contributed by atoms with Gasteiger partial charge in [0.1, 0.15) is 12.1 Å². The van der Waals surface area contributed by atoms with Crippen molar-refractivity contribution in [2.75, 3.05) is 6.61 Å². The number of pyridine rings is 1. The van der Waals surface area contributed by atoms with Crippen LogP contribution in [0.25, 0.3) is 22.1 Å². The van der Waals surface area contributed by atoms with E-state index in [1.165, 1.54) is 4.88 Å². The minimum atomic E-state index is 0.563. The minimum Gasteiger partial charge on any atom is -0.492 e. The van der Waals surface area contributed by atoms with E-state index in [1.54, 1.807) is 23.9 Å². The molecule has 0 fully saturated rings. The summed E-state index contributed by atoms with van der Waals surface area (Å²) in [5, 5.41) is 5.23. The zero-order valence-electron chi connectivity index (χ0n) is 14.2. The van der Waals surface area contributed by atoms with Crippen molar-refractivity contribution in [3.63, 3.8) is 0 Å². The molecule has 0 amide bonds. The van der Waals surface area contributed by atoms with Gasteiger partial charge in [-0.2, -0.15) is 5.10 Å². The SMILES string of the molecule is Brc1ccc2c(c1)OCCc1sc(-c3ncnn3Cc3ccccn3)nc1-2. The third-order valence-electron chi connectivity index (χ3n) is 4.33. The number of thiazole rings is 1. The van der Waals surface area contributed by atoms with Crippen molar-refractivity contribution in [2.45, 2.75) is 13.0 Å². The number of halogens is 1. The molecule has 0 aliphatic carbocycles. The number of hydrogen-bond acceptors (Lipinski definition) is 6. The van der Waals surface area contributed by atoms with Crippen molar-refractivity contribution in [1.82, 2.24) is 24.7 Å². The number of nitrogens with zero attached hydrogens (tertiary/aromatic N) is 5. The zero-order chi connectivity index (χ0) is 18.2. The Balaban J connectivity index is 1.55. The maximum Gasteiger partial charge on any atom is 0.187 e. The first-order chi connectivity index (χ1) is 13.3. The van der Waals surface area contributed by atoms with Crippen molar-refractivity contribution in [3.05, 3.63) is 64.0 Å². The quantitative estimate of drug-likeness (QED) is 0.478. The largest absolute Gasteiger partial charge is 0.492 e. The molecule has 134 valence electrons. The van der Waals surface area contributed by atoms with E-state index >= 15 is 0 Å². The first kappa shape index (κ1) is 16.6. The average molecular weight is 440 g/mol. The van der Waals surface area contributed by atoms with E-state index in [0.29, 0.717) is 13.2 Å². The molecule has 0 bridgehead atoms. The highest BCUT2D eigenvalue weighted by molar-refractivity contribution is 9.10. The molecule has 0 saturated heterocycles. The van der Waals surface area contributed by atoms with Crippen molar-refractivity contribution < 1.29 is 4.74 Å². The van der Waals surface area contributed by atoms with Gasteiger partial charge in [0.25, 0.3) is 0 Å². The van der Waals surface area contributed by atoms with E-state index < -0.39 is 0 Å². The van der Waals surface area contributed by atoms with Crippen LogP contribution in [-0.4, -0.2) is 31.3 Å². The van der Waals surface area contributed by atoms with Crippen LogP contribution < -0.4 is 4.74 Å². The lowest BCUT2D eigenvalue weighted by Crippen LogP contribution is -2.05. The molecule has 6 nitrogen and oxygen atoms in total. The summed E-state index contributed by atoms with van der Waals surface area (Å²) in [5.41, 5.74) is 2.93. The van der Waals surface area contributed by atoms with Gasteiger partial charge in [0.15, 0.2) is 10.8 Å². The smallest absolute Gasteiger partial charge is 0.187 e. The highest BCUT2D eigenvalue weighted by Crippen LogP contribution is 2.40. The summed E-state index contributed by atoms with van der Waals surface area (Å²) >= 11 is 5.16. The number of ether oxygens (including phenoxy) is 1. The molecule has 4 aromatic rings. The first-order valence-corrected chi connectivity index (χ1v) is 10.1. The number of aromatic nitrogens is 5. The number of hydrogen-bond donors (Lipinski definition) is 0. The molecule has 27 heavy (non-hydrogen) atoms. The fourth-order valence-electron chi connectivity index (χ4n) is 3.08. The van der Waals surface area contributed by atoms with Crippen LogP contribution in [0.3, 0.4) is 0 Å². The van der Waals surface area contributed by atoms with E-state index in [2.05, 4.69) is 31.0 Å². The standard InChI is InChI=1S/C19H14BrN5OS/c20-12-4-5-14-15(9-12)26-8-6-16-17(14)24-19(27-16)18-22-11-23-25(18)10-13-3-1-2-7-21-13/h1-5,7,9,11H,6,8,10H2. The molecule has 0 saturated carbocycles. The summed E-state index contributed by atoms with van der Waals surface area (Å²) in [6.45, 7) is 1.20. The molecule has 0 atom stereocenters.